The van der Waals surface area contributed by atoms with Gasteiger partial charge in [0.05, 0.1) is 18.0 Å². The molecular formula is C25H27FN2O3S. The molecule has 168 valence electrons. The van der Waals surface area contributed by atoms with Gasteiger partial charge in [0, 0.05) is 13.0 Å². The number of para-hydroxylation sites is 1. The summed E-state index contributed by atoms with van der Waals surface area (Å²) in [6.07, 6.45) is 1.39. The molecule has 0 spiro atoms. The Balaban J connectivity index is 1.70. The summed E-state index contributed by atoms with van der Waals surface area (Å²) in [4.78, 5) is 12.8. The first-order valence-electron chi connectivity index (χ1n) is 10.4. The predicted octanol–water partition coefficient (Wildman–Crippen LogP) is 4.59. The summed E-state index contributed by atoms with van der Waals surface area (Å²) in [7, 11) is -3.69. The van der Waals surface area contributed by atoms with E-state index in [1.54, 1.807) is 6.07 Å². The minimum Gasteiger partial charge on any atom is -0.345 e. The number of hydrogen-bond acceptors (Lipinski definition) is 3. The van der Waals surface area contributed by atoms with Crippen molar-refractivity contribution >= 4 is 21.6 Å². The number of nitrogens with zero attached hydrogens (tertiary/aromatic N) is 1. The molecular weight excluding hydrogens is 427 g/mol. The maximum Gasteiger partial charge on any atom is 0.232 e. The molecule has 0 saturated carbocycles. The number of benzene rings is 3. The van der Waals surface area contributed by atoms with Crippen molar-refractivity contribution in [1.29, 1.82) is 0 Å². The van der Waals surface area contributed by atoms with Crippen LogP contribution in [0.1, 0.15) is 35.6 Å². The van der Waals surface area contributed by atoms with Crippen molar-refractivity contribution in [2.75, 3.05) is 17.1 Å². The number of hydrogen-bond donors (Lipinski definition) is 1. The largest absolute Gasteiger partial charge is 0.345 e. The molecule has 0 unspecified atom stereocenters. The van der Waals surface area contributed by atoms with Gasteiger partial charge in [0.1, 0.15) is 5.82 Å². The molecule has 0 heterocycles. The average Bonchev–Trinajstić information content (AvgIpc) is 2.75. The van der Waals surface area contributed by atoms with Crippen LogP contribution in [0.25, 0.3) is 0 Å². The maximum atomic E-state index is 14.2. The molecule has 32 heavy (non-hydrogen) atoms. The fraction of sp³-hybridized carbons (Fsp3) is 0.240. The summed E-state index contributed by atoms with van der Waals surface area (Å²) in [6, 6.07) is 23.0. The van der Waals surface area contributed by atoms with Crippen LogP contribution in [0.2, 0.25) is 0 Å². The van der Waals surface area contributed by atoms with Gasteiger partial charge >= 0.3 is 0 Å². The molecule has 0 radical (unpaired) electrons. The van der Waals surface area contributed by atoms with Gasteiger partial charge in [-0.25, -0.2) is 12.8 Å². The van der Waals surface area contributed by atoms with Crippen molar-refractivity contribution in [3.05, 3.63) is 101 Å². The second kappa shape index (κ2) is 10.4. The van der Waals surface area contributed by atoms with E-state index < -0.39 is 15.8 Å². The highest BCUT2D eigenvalue weighted by Crippen LogP contribution is 2.24. The average molecular weight is 455 g/mol. The summed E-state index contributed by atoms with van der Waals surface area (Å²) in [6.45, 7) is 2.00. The lowest BCUT2D eigenvalue weighted by Gasteiger charge is -2.23. The second-order valence-corrected chi connectivity index (χ2v) is 9.62. The van der Waals surface area contributed by atoms with Crippen LogP contribution in [0.3, 0.4) is 0 Å². The first-order chi connectivity index (χ1) is 15.3. The van der Waals surface area contributed by atoms with E-state index in [4.69, 9.17) is 0 Å². The van der Waals surface area contributed by atoms with E-state index in [0.29, 0.717) is 0 Å². The number of aryl methyl sites for hydroxylation is 1. The van der Waals surface area contributed by atoms with Crippen molar-refractivity contribution in [2.24, 2.45) is 0 Å². The van der Waals surface area contributed by atoms with Gasteiger partial charge in [-0.1, -0.05) is 72.3 Å². The van der Waals surface area contributed by atoms with Gasteiger partial charge in [-0.15, -0.1) is 0 Å². The fourth-order valence-electron chi connectivity index (χ4n) is 3.59. The highest BCUT2D eigenvalue weighted by Gasteiger charge is 2.21. The lowest BCUT2D eigenvalue weighted by atomic mass is 9.97. The molecule has 7 heteroatoms. The molecule has 3 aromatic rings. The van der Waals surface area contributed by atoms with E-state index in [1.165, 1.54) is 18.2 Å². The molecule has 3 aromatic carbocycles. The number of amides is 1. The van der Waals surface area contributed by atoms with Crippen molar-refractivity contribution < 1.29 is 17.6 Å². The summed E-state index contributed by atoms with van der Waals surface area (Å²) < 4.78 is 39.6. The molecule has 0 aromatic heterocycles. The molecule has 0 bridgehead atoms. The quantitative estimate of drug-likeness (QED) is 0.514. The van der Waals surface area contributed by atoms with Crippen LogP contribution in [0.5, 0.6) is 0 Å². The molecule has 0 aliphatic heterocycles. The number of halogens is 1. The monoisotopic (exact) mass is 454 g/mol. The molecule has 0 aliphatic carbocycles. The third-order valence-electron chi connectivity index (χ3n) is 5.10. The summed E-state index contributed by atoms with van der Waals surface area (Å²) in [5.41, 5.74) is 2.99. The molecule has 5 nitrogen and oxygen atoms in total. The van der Waals surface area contributed by atoms with E-state index in [1.807, 2.05) is 61.5 Å². The van der Waals surface area contributed by atoms with E-state index in [0.717, 1.165) is 27.3 Å². The van der Waals surface area contributed by atoms with Crippen LogP contribution >= 0.6 is 0 Å². The SMILES string of the molecule is Cc1cccc([C@H](NC(=O)CCCN(c2ccccc2F)S(C)(=O)=O)c2ccccc2)c1. The molecule has 3 rings (SSSR count). The molecule has 0 aliphatic rings. The molecule has 0 saturated heterocycles. The number of carbonyl (C=O) groups is 1. The van der Waals surface area contributed by atoms with Gasteiger partial charge in [-0.2, -0.15) is 0 Å². The molecule has 1 N–H and O–H groups in total. The topological polar surface area (TPSA) is 66.5 Å². The summed E-state index contributed by atoms with van der Waals surface area (Å²) in [5, 5.41) is 3.06. The van der Waals surface area contributed by atoms with Gasteiger partial charge < -0.3 is 5.32 Å². The summed E-state index contributed by atoms with van der Waals surface area (Å²) in [5.74, 6) is -0.826. The third-order valence-corrected chi connectivity index (χ3v) is 6.28. The Bertz CT molecular complexity index is 1170. The number of anilines is 1. The fourth-order valence-corrected chi connectivity index (χ4v) is 4.56. The number of sulfonamides is 1. The van der Waals surface area contributed by atoms with Crippen LogP contribution in [0.4, 0.5) is 10.1 Å². The Kier molecular flexibility index (Phi) is 7.64. The number of carbonyl (C=O) groups excluding carboxylic acids is 1. The van der Waals surface area contributed by atoms with E-state index in [9.17, 15) is 17.6 Å². The Morgan fingerprint density at radius 1 is 0.969 bits per heavy atom. The normalized spacial score (nSPS) is 12.2. The van der Waals surface area contributed by atoms with Gasteiger partial charge in [0.25, 0.3) is 0 Å². The maximum absolute atomic E-state index is 14.2. The van der Waals surface area contributed by atoms with Crippen molar-refractivity contribution in [3.8, 4) is 0 Å². The summed E-state index contributed by atoms with van der Waals surface area (Å²) >= 11 is 0. The predicted molar refractivity (Wildman–Crippen MR) is 125 cm³/mol. The first-order valence-corrected chi connectivity index (χ1v) is 12.2. The zero-order chi connectivity index (χ0) is 23.1. The Morgan fingerprint density at radius 2 is 1.62 bits per heavy atom. The van der Waals surface area contributed by atoms with Crippen molar-refractivity contribution in [1.82, 2.24) is 5.32 Å². The van der Waals surface area contributed by atoms with Crippen molar-refractivity contribution in [2.45, 2.75) is 25.8 Å². The van der Waals surface area contributed by atoms with Gasteiger partial charge in [-0.05, 0) is 36.6 Å². The lowest BCUT2D eigenvalue weighted by molar-refractivity contribution is -0.121. The minimum absolute atomic E-state index is 0.00757. The van der Waals surface area contributed by atoms with Crippen LogP contribution in [0.15, 0.2) is 78.9 Å². The zero-order valence-electron chi connectivity index (χ0n) is 18.2. The lowest BCUT2D eigenvalue weighted by Crippen LogP contribution is -2.33. The van der Waals surface area contributed by atoms with Crippen LogP contribution in [-0.4, -0.2) is 27.1 Å². The third kappa shape index (κ3) is 6.17. The standard InChI is InChI=1S/C25H27FN2O3S/c1-19-10-8-13-21(18-19)25(20-11-4-3-5-12-20)27-24(29)16-9-17-28(32(2,30)31)23-15-7-6-14-22(23)26/h3-8,10-15,18,25H,9,16-17H2,1-2H3,(H,27,29)/t25-/m1/s1. The number of nitrogens with one attached hydrogen (secondary N) is 1. The van der Waals surface area contributed by atoms with Crippen LogP contribution < -0.4 is 9.62 Å². The number of rotatable bonds is 9. The smallest absolute Gasteiger partial charge is 0.232 e. The van der Waals surface area contributed by atoms with E-state index >= 15 is 0 Å². The molecule has 1 atom stereocenters. The zero-order valence-corrected chi connectivity index (χ0v) is 19.0. The van der Waals surface area contributed by atoms with Crippen molar-refractivity contribution in [3.63, 3.8) is 0 Å². The Morgan fingerprint density at radius 3 is 2.28 bits per heavy atom. The Hall–Kier alpha value is -3.19. The highest BCUT2D eigenvalue weighted by molar-refractivity contribution is 7.92. The van der Waals surface area contributed by atoms with Crippen LogP contribution in [-0.2, 0) is 14.8 Å². The minimum atomic E-state index is -3.69. The van der Waals surface area contributed by atoms with E-state index in [-0.39, 0.29) is 37.0 Å². The van der Waals surface area contributed by atoms with Crippen LogP contribution in [0, 0.1) is 12.7 Å². The molecule has 1 amide bonds. The van der Waals surface area contributed by atoms with Gasteiger partial charge in [0.15, 0.2) is 0 Å². The van der Waals surface area contributed by atoms with Gasteiger partial charge in [-0.3, -0.25) is 9.10 Å². The van der Waals surface area contributed by atoms with E-state index in [2.05, 4.69) is 5.32 Å². The first kappa shape index (κ1) is 23.5. The highest BCUT2D eigenvalue weighted by atomic mass is 32.2. The molecule has 0 fully saturated rings. The van der Waals surface area contributed by atoms with Gasteiger partial charge in [0.2, 0.25) is 15.9 Å². The Labute approximate surface area is 188 Å². The second-order valence-electron chi connectivity index (χ2n) is 7.72.